The molecule has 2 rings (SSSR count). The Bertz CT molecular complexity index is 771. The first-order valence-corrected chi connectivity index (χ1v) is 10.3. The Morgan fingerprint density at radius 2 is 1.78 bits per heavy atom. The molecule has 0 spiro atoms. The van der Waals surface area contributed by atoms with Crippen LogP contribution in [0, 0.1) is 17.7 Å². The summed E-state index contributed by atoms with van der Waals surface area (Å²) in [6, 6.07) is 3.67. The molecule has 150 valence electrons. The summed E-state index contributed by atoms with van der Waals surface area (Å²) in [5, 5.41) is 11.8. The van der Waals surface area contributed by atoms with E-state index in [4.69, 9.17) is 0 Å². The van der Waals surface area contributed by atoms with Gasteiger partial charge >= 0.3 is 5.97 Å². The minimum atomic E-state index is -3.74. The van der Waals surface area contributed by atoms with Crippen molar-refractivity contribution in [2.45, 2.75) is 44.0 Å². The molecule has 1 heterocycles. The first-order valence-electron chi connectivity index (χ1n) is 8.90. The molecule has 1 fully saturated rings. The van der Waals surface area contributed by atoms with Gasteiger partial charge in [-0.3, -0.25) is 4.79 Å². The number of nitrogens with zero attached hydrogens (tertiary/aromatic N) is 1. The number of hydrogen-bond acceptors (Lipinski definition) is 4. The van der Waals surface area contributed by atoms with Gasteiger partial charge in [0.15, 0.2) is 0 Å². The highest BCUT2D eigenvalue weighted by atomic mass is 32.2. The van der Waals surface area contributed by atoms with E-state index < -0.39 is 33.8 Å². The molecule has 1 unspecified atom stereocenters. The summed E-state index contributed by atoms with van der Waals surface area (Å²) < 4.78 is 39.5. The standard InChI is InChI=1S/C18H25FN2O5S/c1-12(2)11-16(18(23)24)20-17(22)13-7-9-21(10-8-13)27(25,26)15-5-3-14(19)4-6-15/h3-6,12-13,16H,7-11H2,1-2H3,(H,20,22)(H,23,24). The van der Waals surface area contributed by atoms with Gasteiger partial charge < -0.3 is 10.4 Å². The molecular weight excluding hydrogens is 375 g/mol. The maximum atomic E-state index is 13.0. The molecule has 1 aliphatic rings. The Balaban J connectivity index is 1.96. The molecule has 1 atom stereocenters. The number of carboxylic acid groups (broad SMARTS) is 1. The largest absolute Gasteiger partial charge is 0.480 e. The second kappa shape index (κ2) is 8.79. The van der Waals surface area contributed by atoms with Crippen LogP contribution in [0.2, 0.25) is 0 Å². The van der Waals surface area contributed by atoms with Gasteiger partial charge in [-0.05, 0) is 49.4 Å². The van der Waals surface area contributed by atoms with Crippen LogP contribution in [-0.2, 0) is 19.6 Å². The van der Waals surface area contributed by atoms with Crippen molar-refractivity contribution in [3.8, 4) is 0 Å². The third-order valence-electron chi connectivity index (χ3n) is 4.60. The maximum Gasteiger partial charge on any atom is 0.326 e. The van der Waals surface area contributed by atoms with Gasteiger partial charge in [0.1, 0.15) is 11.9 Å². The first kappa shape index (κ1) is 21.3. The number of amides is 1. The molecular formula is C18H25FN2O5S. The van der Waals surface area contributed by atoms with Crippen LogP contribution < -0.4 is 5.32 Å². The van der Waals surface area contributed by atoms with Crippen LogP contribution in [0.15, 0.2) is 29.2 Å². The summed E-state index contributed by atoms with van der Waals surface area (Å²) in [5.41, 5.74) is 0. The summed E-state index contributed by atoms with van der Waals surface area (Å²) in [6.07, 6.45) is 0.944. The quantitative estimate of drug-likeness (QED) is 0.727. The highest BCUT2D eigenvalue weighted by Crippen LogP contribution is 2.24. The van der Waals surface area contributed by atoms with Crippen molar-refractivity contribution in [1.29, 1.82) is 0 Å². The number of aliphatic carboxylic acids is 1. The molecule has 0 radical (unpaired) electrons. The zero-order chi connectivity index (χ0) is 20.2. The van der Waals surface area contributed by atoms with Gasteiger partial charge in [0.05, 0.1) is 4.90 Å². The molecule has 1 aliphatic heterocycles. The summed E-state index contributed by atoms with van der Waals surface area (Å²) in [6.45, 7) is 4.06. The number of hydrogen-bond donors (Lipinski definition) is 2. The average molecular weight is 400 g/mol. The fourth-order valence-electron chi connectivity index (χ4n) is 3.10. The lowest BCUT2D eigenvalue weighted by Gasteiger charge is -2.31. The maximum absolute atomic E-state index is 13.0. The third-order valence-corrected chi connectivity index (χ3v) is 6.51. The number of benzene rings is 1. The topological polar surface area (TPSA) is 104 Å². The van der Waals surface area contributed by atoms with Crippen molar-refractivity contribution >= 4 is 21.9 Å². The highest BCUT2D eigenvalue weighted by Gasteiger charge is 2.33. The third kappa shape index (κ3) is 5.49. The van der Waals surface area contributed by atoms with E-state index in [2.05, 4.69) is 5.32 Å². The number of halogens is 1. The molecule has 1 saturated heterocycles. The number of rotatable bonds is 7. The van der Waals surface area contributed by atoms with Gasteiger partial charge in [-0.2, -0.15) is 4.31 Å². The van der Waals surface area contributed by atoms with Crippen molar-refractivity contribution in [2.75, 3.05) is 13.1 Å². The number of sulfonamides is 1. The molecule has 27 heavy (non-hydrogen) atoms. The second-order valence-corrected chi connectivity index (χ2v) is 9.10. The number of carbonyl (C=O) groups excluding carboxylic acids is 1. The van der Waals surface area contributed by atoms with Crippen molar-refractivity contribution < 1.29 is 27.5 Å². The normalized spacial score (nSPS) is 17.6. The predicted octanol–water partition coefficient (Wildman–Crippen LogP) is 1.84. The average Bonchev–Trinajstić information content (AvgIpc) is 2.61. The van der Waals surface area contributed by atoms with Crippen LogP contribution in [0.4, 0.5) is 4.39 Å². The SMILES string of the molecule is CC(C)CC(NC(=O)C1CCN(S(=O)(=O)c2ccc(F)cc2)CC1)C(=O)O. The van der Waals surface area contributed by atoms with Gasteiger partial charge in [0.25, 0.3) is 0 Å². The fourth-order valence-corrected chi connectivity index (χ4v) is 4.57. The van der Waals surface area contributed by atoms with Gasteiger partial charge in [0.2, 0.25) is 15.9 Å². The number of piperidine rings is 1. The predicted molar refractivity (Wildman–Crippen MR) is 96.9 cm³/mol. The molecule has 7 nitrogen and oxygen atoms in total. The summed E-state index contributed by atoms with van der Waals surface area (Å²) >= 11 is 0. The van der Waals surface area contributed by atoms with E-state index in [9.17, 15) is 27.5 Å². The number of nitrogens with one attached hydrogen (secondary N) is 1. The van der Waals surface area contributed by atoms with Crippen molar-refractivity contribution in [3.05, 3.63) is 30.1 Å². The number of carboxylic acids is 1. The molecule has 9 heteroatoms. The minimum Gasteiger partial charge on any atom is -0.480 e. The second-order valence-electron chi connectivity index (χ2n) is 7.16. The Morgan fingerprint density at radius 3 is 2.26 bits per heavy atom. The summed E-state index contributed by atoms with van der Waals surface area (Å²) in [4.78, 5) is 23.7. The van der Waals surface area contributed by atoms with Gasteiger partial charge in [-0.1, -0.05) is 13.8 Å². The Labute approximate surface area is 158 Å². The lowest BCUT2D eigenvalue weighted by Crippen LogP contribution is -2.47. The Morgan fingerprint density at radius 1 is 1.22 bits per heavy atom. The van der Waals surface area contributed by atoms with E-state index in [0.717, 1.165) is 12.1 Å². The minimum absolute atomic E-state index is 0.00896. The Hall–Kier alpha value is -2.00. The molecule has 1 amide bonds. The van der Waals surface area contributed by atoms with E-state index in [1.54, 1.807) is 0 Å². The smallest absolute Gasteiger partial charge is 0.326 e. The van der Waals surface area contributed by atoms with E-state index in [0.29, 0.717) is 19.3 Å². The lowest BCUT2D eigenvalue weighted by atomic mass is 9.96. The van der Waals surface area contributed by atoms with Gasteiger partial charge in [0, 0.05) is 19.0 Å². The molecule has 2 N–H and O–H groups in total. The molecule has 0 bridgehead atoms. The van der Waals surface area contributed by atoms with Crippen LogP contribution in [0.1, 0.15) is 33.1 Å². The summed E-state index contributed by atoms with van der Waals surface area (Å²) in [7, 11) is -3.74. The van der Waals surface area contributed by atoms with Crippen LogP contribution in [0.3, 0.4) is 0 Å². The van der Waals surface area contributed by atoms with Crippen molar-refractivity contribution in [3.63, 3.8) is 0 Å². The first-order chi connectivity index (χ1) is 12.6. The van der Waals surface area contributed by atoms with Crippen LogP contribution in [0.25, 0.3) is 0 Å². The zero-order valence-electron chi connectivity index (χ0n) is 15.4. The van der Waals surface area contributed by atoms with Crippen LogP contribution >= 0.6 is 0 Å². The van der Waals surface area contributed by atoms with Crippen molar-refractivity contribution in [1.82, 2.24) is 9.62 Å². The molecule has 0 aliphatic carbocycles. The van der Waals surface area contributed by atoms with E-state index in [1.807, 2.05) is 13.8 Å². The van der Waals surface area contributed by atoms with Crippen molar-refractivity contribution in [2.24, 2.45) is 11.8 Å². The van der Waals surface area contributed by atoms with E-state index in [1.165, 1.54) is 16.4 Å². The molecule has 0 aromatic heterocycles. The fraction of sp³-hybridized carbons (Fsp3) is 0.556. The lowest BCUT2D eigenvalue weighted by molar-refractivity contribution is -0.143. The van der Waals surface area contributed by atoms with Gasteiger partial charge in [-0.25, -0.2) is 17.6 Å². The van der Waals surface area contributed by atoms with Crippen LogP contribution in [0.5, 0.6) is 0 Å². The highest BCUT2D eigenvalue weighted by molar-refractivity contribution is 7.89. The summed E-state index contributed by atoms with van der Waals surface area (Å²) in [5.74, 6) is -2.26. The van der Waals surface area contributed by atoms with Crippen LogP contribution in [-0.4, -0.2) is 48.8 Å². The van der Waals surface area contributed by atoms with E-state index >= 15 is 0 Å². The zero-order valence-corrected chi connectivity index (χ0v) is 16.2. The molecule has 1 aromatic carbocycles. The molecule has 1 aromatic rings. The number of carbonyl (C=O) groups is 2. The Kier molecular flexibility index (Phi) is 6.94. The molecule has 0 saturated carbocycles. The monoisotopic (exact) mass is 400 g/mol. The van der Waals surface area contributed by atoms with Gasteiger partial charge in [-0.15, -0.1) is 0 Å². The van der Waals surface area contributed by atoms with E-state index in [-0.39, 0.29) is 29.8 Å².